The van der Waals surface area contributed by atoms with Gasteiger partial charge in [0, 0.05) is 6.20 Å². The Morgan fingerprint density at radius 1 is 1.39 bits per heavy atom. The van der Waals surface area contributed by atoms with Crippen LogP contribution in [0.3, 0.4) is 0 Å². The first-order valence-corrected chi connectivity index (χ1v) is 7.51. The number of carbonyl (C=O) groups is 1. The summed E-state index contributed by atoms with van der Waals surface area (Å²) in [5.41, 5.74) is 0.432. The van der Waals surface area contributed by atoms with Crippen molar-refractivity contribution in [3.05, 3.63) is 29.6 Å². The van der Waals surface area contributed by atoms with Gasteiger partial charge in [0.05, 0.1) is 22.8 Å². The van der Waals surface area contributed by atoms with Crippen molar-refractivity contribution >= 4 is 15.8 Å². The molecule has 0 fully saturated rings. The molecule has 0 radical (unpaired) electrons. The molecule has 1 heterocycles. The lowest BCUT2D eigenvalue weighted by molar-refractivity contribution is 0.0696. The Balaban J connectivity index is 2.69. The third kappa shape index (κ3) is 4.83. The molecule has 0 spiro atoms. The predicted octanol–water partition coefficient (Wildman–Crippen LogP) is 1.74. The standard InChI is InChI=1S/C12H17NO4S/c1-9(2)5-6-18(16,17)8-11-4-3-10(7-13-11)12(14)15/h3-4,7,9H,5-6,8H2,1-2H3,(H,14,15). The van der Waals surface area contributed by atoms with E-state index in [1.807, 2.05) is 13.8 Å². The first kappa shape index (κ1) is 14.6. The summed E-state index contributed by atoms with van der Waals surface area (Å²) >= 11 is 0. The predicted molar refractivity (Wildman–Crippen MR) is 68.1 cm³/mol. The molecule has 0 bridgehead atoms. The molecular formula is C12H17NO4S. The lowest BCUT2D eigenvalue weighted by atomic mass is 10.2. The highest BCUT2D eigenvalue weighted by atomic mass is 32.2. The molecule has 5 nitrogen and oxygen atoms in total. The molecule has 0 aromatic carbocycles. The first-order valence-electron chi connectivity index (χ1n) is 5.69. The molecule has 0 saturated heterocycles. The molecule has 0 aliphatic rings. The fourth-order valence-electron chi connectivity index (χ4n) is 1.35. The number of pyridine rings is 1. The molecule has 0 amide bonds. The number of aromatic nitrogens is 1. The van der Waals surface area contributed by atoms with Crippen LogP contribution < -0.4 is 0 Å². The Hall–Kier alpha value is -1.43. The number of carboxylic acid groups (broad SMARTS) is 1. The third-order valence-corrected chi connectivity index (χ3v) is 4.04. The summed E-state index contributed by atoms with van der Waals surface area (Å²) in [6.07, 6.45) is 1.80. The third-order valence-electron chi connectivity index (χ3n) is 2.45. The molecule has 0 saturated carbocycles. The van der Waals surface area contributed by atoms with Gasteiger partial charge in [-0.15, -0.1) is 0 Å². The van der Waals surface area contributed by atoms with Gasteiger partial charge in [-0.2, -0.15) is 0 Å². The normalized spacial score (nSPS) is 11.7. The minimum absolute atomic E-state index is 0.0540. The van der Waals surface area contributed by atoms with Crippen LogP contribution in [0.1, 0.15) is 36.3 Å². The molecule has 0 unspecified atom stereocenters. The molecule has 18 heavy (non-hydrogen) atoms. The van der Waals surface area contributed by atoms with Gasteiger partial charge >= 0.3 is 5.97 Å². The van der Waals surface area contributed by atoms with E-state index in [1.54, 1.807) is 0 Å². The lowest BCUT2D eigenvalue weighted by Gasteiger charge is -2.06. The zero-order valence-corrected chi connectivity index (χ0v) is 11.3. The van der Waals surface area contributed by atoms with E-state index in [0.717, 1.165) is 0 Å². The summed E-state index contributed by atoms with van der Waals surface area (Å²) in [4.78, 5) is 14.5. The number of hydrogen-bond acceptors (Lipinski definition) is 4. The fraction of sp³-hybridized carbons (Fsp3) is 0.500. The molecular weight excluding hydrogens is 254 g/mol. The summed E-state index contributed by atoms with van der Waals surface area (Å²) in [7, 11) is -3.17. The van der Waals surface area contributed by atoms with Gasteiger partial charge in [-0.05, 0) is 24.5 Å². The number of sulfone groups is 1. The van der Waals surface area contributed by atoms with Crippen LogP contribution in [0, 0.1) is 5.92 Å². The van der Waals surface area contributed by atoms with Gasteiger partial charge in [0.25, 0.3) is 0 Å². The summed E-state index contributed by atoms with van der Waals surface area (Å²) < 4.78 is 23.5. The number of hydrogen-bond donors (Lipinski definition) is 1. The molecule has 0 atom stereocenters. The highest BCUT2D eigenvalue weighted by Crippen LogP contribution is 2.09. The van der Waals surface area contributed by atoms with E-state index in [-0.39, 0.29) is 17.1 Å². The van der Waals surface area contributed by atoms with Crippen LogP contribution in [0.2, 0.25) is 0 Å². The van der Waals surface area contributed by atoms with Gasteiger partial charge in [0.2, 0.25) is 0 Å². The van der Waals surface area contributed by atoms with Crippen molar-refractivity contribution in [1.82, 2.24) is 4.98 Å². The van der Waals surface area contributed by atoms with E-state index in [1.165, 1.54) is 18.3 Å². The first-order chi connectivity index (χ1) is 8.30. The molecule has 1 aromatic rings. The number of nitrogens with zero attached hydrogens (tertiary/aromatic N) is 1. The number of carboxylic acids is 1. The maximum absolute atomic E-state index is 11.8. The van der Waals surface area contributed by atoms with Gasteiger partial charge in [0.1, 0.15) is 0 Å². The van der Waals surface area contributed by atoms with E-state index < -0.39 is 15.8 Å². The molecule has 1 N–H and O–H groups in total. The average Bonchev–Trinajstić information content (AvgIpc) is 2.27. The fourth-order valence-corrected chi connectivity index (χ4v) is 2.95. The SMILES string of the molecule is CC(C)CCS(=O)(=O)Cc1ccc(C(=O)O)cn1. The van der Waals surface area contributed by atoms with Crippen molar-refractivity contribution in [1.29, 1.82) is 0 Å². The van der Waals surface area contributed by atoms with Crippen molar-refractivity contribution in [2.45, 2.75) is 26.0 Å². The monoisotopic (exact) mass is 271 g/mol. The van der Waals surface area contributed by atoms with Crippen LogP contribution in [-0.4, -0.2) is 30.2 Å². The summed E-state index contributed by atoms with van der Waals surface area (Å²) in [5, 5.41) is 8.70. The Morgan fingerprint density at radius 2 is 2.06 bits per heavy atom. The molecule has 0 aliphatic carbocycles. The molecule has 1 rings (SSSR count). The molecule has 1 aromatic heterocycles. The maximum atomic E-state index is 11.8. The van der Waals surface area contributed by atoms with E-state index in [2.05, 4.69) is 4.98 Å². The lowest BCUT2D eigenvalue weighted by Crippen LogP contribution is -2.12. The second kappa shape index (κ2) is 5.95. The van der Waals surface area contributed by atoms with Gasteiger partial charge in [-0.3, -0.25) is 4.98 Å². The highest BCUT2D eigenvalue weighted by molar-refractivity contribution is 7.90. The van der Waals surface area contributed by atoms with E-state index in [9.17, 15) is 13.2 Å². The smallest absolute Gasteiger partial charge is 0.337 e. The van der Waals surface area contributed by atoms with Gasteiger partial charge in [0.15, 0.2) is 9.84 Å². The Bertz CT molecular complexity index is 505. The van der Waals surface area contributed by atoms with Crippen LogP contribution in [0.5, 0.6) is 0 Å². The van der Waals surface area contributed by atoms with Crippen LogP contribution in [0.4, 0.5) is 0 Å². The van der Waals surface area contributed by atoms with Gasteiger partial charge in [-0.1, -0.05) is 13.8 Å². The quantitative estimate of drug-likeness (QED) is 0.852. The minimum atomic E-state index is -3.17. The topological polar surface area (TPSA) is 84.3 Å². The van der Waals surface area contributed by atoms with E-state index >= 15 is 0 Å². The van der Waals surface area contributed by atoms with Gasteiger partial charge in [-0.25, -0.2) is 13.2 Å². The second-order valence-electron chi connectivity index (χ2n) is 4.62. The van der Waals surface area contributed by atoms with Crippen molar-refractivity contribution in [2.24, 2.45) is 5.92 Å². The maximum Gasteiger partial charge on any atom is 0.337 e. The van der Waals surface area contributed by atoms with Crippen LogP contribution in [-0.2, 0) is 15.6 Å². The Morgan fingerprint density at radius 3 is 2.50 bits per heavy atom. The van der Waals surface area contributed by atoms with Crippen LogP contribution >= 0.6 is 0 Å². The Labute approximate surface area is 107 Å². The van der Waals surface area contributed by atoms with E-state index in [0.29, 0.717) is 18.0 Å². The van der Waals surface area contributed by atoms with Crippen LogP contribution in [0.15, 0.2) is 18.3 Å². The van der Waals surface area contributed by atoms with Crippen LogP contribution in [0.25, 0.3) is 0 Å². The minimum Gasteiger partial charge on any atom is -0.478 e. The summed E-state index contributed by atoms with van der Waals surface area (Å²) in [6.45, 7) is 3.94. The zero-order chi connectivity index (χ0) is 13.8. The van der Waals surface area contributed by atoms with Crippen molar-refractivity contribution < 1.29 is 18.3 Å². The second-order valence-corrected chi connectivity index (χ2v) is 6.80. The molecule has 100 valence electrons. The van der Waals surface area contributed by atoms with E-state index in [4.69, 9.17) is 5.11 Å². The average molecular weight is 271 g/mol. The molecule has 0 aliphatic heterocycles. The van der Waals surface area contributed by atoms with Crippen molar-refractivity contribution in [3.8, 4) is 0 Å². The number of rotatable bonds is 6. The van der Waals surface area contributed by atoms with Gasteiger partial charge < -0.3 is 5.11 Å². The van der Waals surface area contributed by atoms with Crippen molar-refractivity contribution in [3.63, 3.8) is 0 Å². The zero-order valence-electron chi connectivity index (χ0n) is 10.5. The summed E-state index contributed by atoms with van der Waals surface area (Å²) in [5.74, 6) is -0.744. The Kier molecular flexibility index (Phi) is 4.84. The van der Waals surface area contributed by atoms with Crippen molar-refractivity contribution in [2.75, 3.05) is 5.75 Å². The number of aromatic carboxylic acids is 1. The largest absolute Gasteiger partial charge is 0.478 e. The summed E-state index contributed by atoms with van der Waals surface area (Å²) in [6, 6.07) is 2.80. The molecule has 6 heteroatoms. The highest BCUT2D eigenvalue weighted by Gasteiger charge is 2.14.